The van der Waals surface area contributed by atoms with Gasteiger partial charge in [0.25, 0.3) is 0 Å². The summed E-state index contributed by atoms with van der Waals surface area (Å²) >= 11 is 0. The predicted octanol–water partition coefficient (Wildman–Crippen LogP) is 0.638. The second-order valence-electron chi connectivity index (χ2n) is 5.05. The van der Waals surface area contributed by atoms with Crippen molar-refractivity contribution in [2.24, 2.45) is 0 Å². The Balaban J connectivity index is 2.50. The Morgan fingerprint density at radius 1 is 1.50 bits per heavy atom. The molecular weight excluding hydrogens is 232 g/mol. The van der Waals surface area contributed by atoms with Crippen molar-refractivity contribution in [1.82, 2.24) is 10.2 Å². The number of esters is 1. The molecule has 1 rings (SSSR count). The summed E-state index contributed by atoms with van der Waals surface area (Å²) in [6.45, 7) is 1.78. The third-order valence-corrected chi connectivity index (χ3v) is 4.03. The van der Waals surface area contributed by atoms with Gasteiger partial charge in [-0.05, 0) is 39.8 Å². The lowest BCUT2D eigenvalue weighted by Crippen LogP contribution is -2.50. The third kappa shape index (κ3) is 3.43. The zero-order chi connectivity index (χ0) is 13.6. The molecule has 5 heteroatoms. The Morgan fingerprint density at radius 2 is 2.22 bits per heavy atom. The highest BCUT2D eigenvalue weighted by atomic mass is 16.5. The molecule has 0 aromatic rings. The first kappa shape index (κ1) is 15.4. The van der Waals surface area contributed by atoms with Crippen LogP contribution in [-0.2, 0) is 14.3 Å². The second kappa shape index (κ2) is 7.07. The molecule has 106 valence electrons. The highest BCUT2D eigenvalue weighted by molar-refractivity contribution is 5.81. The molecule has 0 radical (unpaired) electrons. The topological polar surface area (TPSA) is 50.8 Å². The molecule has 0 aromatic carbocycles. The molecule has 0 saturated heterocycles. The summed E-state index contributed by atoms with van der Waals surface area (Å²) in [6, 6.07) is 0.438. The average Bonchev–Trinajstić information content (AvgIpc) is 2.83. The minimum Gasteiger partial charge on any atom is -0.468 e. The Hall–Kier alpha value is -0.650. The van der Waals surface area contributed by atoms with Crippen molar-refractivity contribution in [2.75, 3.05) is 41.5 Å². The molecule has 0 bridgehead atoms. The molecule has 1 aliphatic rings. The smallest absolute Gasteiger partial charge is 0.326 e. The fourth-order valence-electron chi connectivity index (χ4n) is 2.75. The van der Waals surface area contributed by atoms with Crippen LogP contribution < -0.4 is 5.32 Å². The largest absolute Gasteiger partial charge is 0.468 e. The van der Waals surface area contributed by atoms with Crippen molar-refractivity contribution >= 4 is 5.97 Å². The molecule has 5 nitrogen and oxygen atoms in total. The van der Waals surface area contributed by atoms with Gasteiger partial charge < -0.3 is 19.7 Å². The van der Waals surface area contributed by atoms with Crippen molar-refractivity contribution in [3.05, 3.63) is 0 Å². The first-order chi connectivity index (χ1) is 8.59. The first-order valence-electron chi connectivity index (χ1n) is 6.56. The number of rotatable bonds is 7. The molecule has 2 atom stereocenters. The molecule has 1 fully saturated rings. The van der Waals surface area contributed by atoms with Gasteiger partial charge in [-0.1, -0.05) is 0 Å². The molecular formula is C13H26N2O3. The Bertz CT molecular complexity index is 273. The summed E-state index contributed by atoms with van der Waals surface area (Å²) in [5.41, 5.74) is -0.491. The van der Waals surface area contributed by atoms with E-state index in [0.29, 0.717) is 6.04 Å². The maximum Gasteiger partial charge on any atom is 0.326 e. The lowest BCUT2D eigenvalue weighted by Gasteiger charge is -2.28. The number of ether oxygens (including phenoxy) is 2. The minimum atomic E-state index is -0.491. The van der Waals surface area contributed by atoms with E-state index >= 15 is 0 Å². The van der Waals surface area contributed by atoms with Gasteiger partial charge in [0.2, 0.25) is 0 Å². The maximum atomic E-state index is 11.9. The van der Waals surface area contributed by atoms with Crippen LogP contribution >= 0.6 is 0 Å². The summed E-state index contributed by atoms with van der Waals surface area (Å²) in [6.07, 6.45) is 3.71. The van der Waals surface area contributed by atoms with Crippen LogP contribution in [0.5, 0.6) is 0 Å². The van der Waals surface area contributed by atoms with Gasteiger partial charge in [0.05, 0.1) is 7.11 Å². The molecule has 0 spiro atoms. The second-order valence-corrected chi connectivity index (χ2v) is 5.05. The van der Waals surface area contributed by atoms with Crippen molar-refractivity contribution in [3.63, 3.8) is 0 Å². The van der Waals surface area contributed by atoms with E-state index < -0.39 is 5.54 Å². The summed E-state index contributed by atoms with van der Waals surface area (Å²) in [7, 11) is 7.13. The average molecular weight is 258 g/mol. The van der Waals surface area contributed by atoms with Crippen LogP contribution in [0.3, 0.4) is 0 Å². The van der Waals surface area contributed by atoms with E-state index in [1.807, 2.05) is 7.05 Å². The van der Waals surface area contributed by atoms with Gasteiger partial charge in [0.15, 0.2) is 0 Å². The molecule has 18 heavy (non-hydrogen) atoms. The SMILES string of the molecule is CNC1(C(=O)OC)CCC(N(C)CCCOC)C1. The summed E-state index contributed by atoms with van der Waals surface area (Å²) in [5, 5.41) is 3.15. The number of nitrogens with zero attached hydrogens (tertiary/aromatic N) is 1. The number of methoxy groups -OCH3 is 2. The highest BCUT2D eigenvalue weighted by Crippen LogP contribution is 2.33. The van der Waals surface area contributed by atoms with Crippen LogP contribution in [0.4, 0.5) is 0 Å². The summed E-state index contributed by atoms with van der Waals surface area (Å²) in [4.78, 5) is 14.2. The van der Waals surface area contributed by atoms with E-state index in [4.69, 9.17) is 9.47 Å². The lowest BCUT2D eigenvalue weighted by molar-refractivity contribution is -0.148. The van der Waals surface area contributed by atoms with Gasteiger partial charge in [-0.25, -0.2) is 0 Å². The van der Waals surface area contributed by atoms with Crippen LogP contribution in [0, 0.1) is 0 Å². The zero-order valence-corrected chi connectivity index (χ0v) is 12.0. The van der Waals surface area contributed by atoms with Crippen LogP contribution in [0.25, 0.3) is 0 Å². The zero-order valence-electron chi connectivity index (χ0n) is 12.0. The number of likely N-dealkylation sites (N-methyl/N-ethyl adjacent to an activating group) is 1. The van der Waals surface area contributed by atoms with Gasteiger partial charge >= 0.3 is 5.97 Å². The van der Waals surface area contributed by atoms with Gasteiger partial charge in [-0.3, -0.25) is 4.79 Å². The van der Waals surface area contributed by atoms with Crippen LogP contribution in [0.15, 0.2) is 0 Å². The van der Waals surface area contributed by atoms with E-state index in [9.17, 15) is 4.79 Å². The van der Waals surface area contributed by atoms with E-state index in [1.54, 1.807) is 7.11 Å². The highest BCUT2D eigenvalue weighted by Gasteiger charge is 2.46. The van der Waals surface area contributed by atoms with Gasteiger partial charge in [-0.15, -0.1) is 0 Å². The van der Waals surface area contributed by atoms with Crippen LogP contribution in [0.2, 0.25) is 0 Å². The predicted molar refractivity (Wildman–Crippen MR) is 70.6 cm³/mol. The monoisotopic (exact) mass is 258 g/mol. The van der Waals surface area contributed by atoms with Crippen LogP contribution in [-0.4, -0.2) is 63.9 Å². The molecule has 0 aromatic heterocycles. The number of carbonyl (C=O) groups excluding carboxylic acids is 1. The Labute approximate surface area is 110 Å². The standard InChI is InChI=1S/C13H26N2O3/c1-14-13(12(16)18-4)7-6-11(10-13)15(2)8-5-9-17-3/h11,14H,5-10H2,1-4H3. The van der Waals surface area contributed by atoms with Crippen LogP contribution in [0.1, 0.15) is 25.7 Å². The third-order valence-electron chi connectivity index (χ3n) is 4.03. The molecule has 2 unspecified atom stereocenters. The molecule has 1 aliphatic carbocycles. The van der Waals surface area contributed by atoms with Crippen molar-refractivity contribution in [1.29, 1.82) is 0 Å². The van der Waals surface area contributed by atoms with E-state index in [0.717, 1.165) is 38.8 Å². The first-order valence-corrected chi connectivity index (χ1v) is 6.56. The van der Waals surface area contributed by atoms with Gasteiger partial charge in [-0.2, -0.15) is 0 Å². The van der Waals surface area contributed by atoms with E-state index in [1.165, 1.54) is 7.11 Å². The fraction of sp³-hybridized carbons (Fsp3) is 0.923. The Morgan fingerprint density at radius 3 is 2.78 bits per heavy atom. The molecule has 0 aliphatic heterocycles. The van der Waals surface area contributed by atoms with Gasteiger partial charge in [0.1, 0.15) is 5.54 Å². The Kier molecular flexibility index (Phi) is 6.05. The quantitative estimate of drug-likeness (QED) is 0.536. The lowest BCUT2D eigenvalue weighted by atomic mass is 9.97. The maximum absolute atomic E-state index is 11.9. The number of hydrogen-bond acceptors (Lipinski definition) is 5. The molecule has 0 heterocycles. The van der Waals surface area contributed by atoms with Gasteiger partial charge in [0, 0.05) is 26.3 Å². The summed E-state index contributed by atoms with van der Waals surface area (Å²) in [5.74, 6) is -0.141. The number of hydrogen-bond donors (Lipinski definition) is 1. The summed E-state index contributed by atoms with van der Waals surface area (Å²) < 4.78 is 9.97. The molecule has 0 amide bonds. The molecule has 1 saturated carbocycles. The fourth-order valence-corrected chi connectivity index (χ4v) is 2.75. The van der Waals surface area contributed by atoms with E-state index in [2.05, 4.69) is 17.3 Å². The number of carbonyl (C=O) groups is 1. The normalized spacial score (nSPS) is 27.7. The van der Waals surface area contributed by atoms with Crippen molar-refractivity contribution < 1.29 is 14.3 Å². The number of nitrogens with one attached hydrogen (secondary N) is 1. The van der Waals surface area contributed by atoms with Crippen molar-refractivity contribution in [3.8, 4) is 0 Å². The molecule has 1 N–H and O–H groups in total. The van der Waals surface area contributed by atoms with E-state index in [-0.39, 0.29) is 5.97 Å². The van der Waals surface area contributed by atoms with Crippen molar-refractivity contribution in [2.45, 2.75) is 37.3 Å². The minimum absolute atomic E-state index is 0.141.